The second kappa shape index (κ2) is 11.7. The van der Waals surface area contributed by atoms with Gasteiger partial charge in [-0.05, 0) is 56.2 Å². The fourth-order valence-electron chi connectivity index (χ4n) is 4.36. The number of fused-ring (bicyclic) bond motifs is 1. The number of esters is 1. The highest BCUT2D eigenvalue weighted by Crippen LogP contribution is 2.37. The minimum atomic E-state index is -5.19. The molecule has 3 aromatic rings. The molecule has 2 heterocycles. The fourth-order valence-corrected chi connectivity index (χ4v) is 4.55. The van der Waals surface area contributed by atoms with Crippen molar-refractivity contribution in [3.63, 3.8) is 0 Å². The number of amidine groups is 1. The molecule has 2 unspecified atom stereocenters. The Hall–Kier alpha value is -3.61. The number of aliphatic hydroxyl groups is 2. The number of rotatable bonds is 8. The lowest BCUT2D eigenvalue weighted by atomic mass is 9.96. The summed E-state index contributed by atoms with van der Waals surface area (Å²) >= 11 is 6.65. The second-order valence-electron chi connectivity index (χ2n) is 9.94. The lowest BCUT2D eigenvalue weighted by molar-refractivity contribution is -0.202. The standard InChI is InChI=1S/C28H27ClF4N4O4/c1-14(19-8-16(12-38)4-6-21(19)30)37-24-20-9-17(5-7-22(20)36-15(2)23(24)29)18-10-34-25(35-11-18)27(3,40)13-41-26(39)28(31,32)33/h4-10,14,18,38,40H,11-13H2,1-3H3,(H,36,37)/t14-,18?,27?/m1/s1. The number of carbonyl (C=O) groups is 1. The van der Waals surface area contributed by atoms with Gasteiger partial charge in [-0.3, -0.25) is 9.98 Å². The first kappa shape index (κ1) is 30.4. The Labute approximate surface area is 237 Å². The molecule has 8 nitrogen and oxygen atoms in total. The second-order valence-corrected chi connectivity index (χ2v) is 10.3. The third-order valence-electron chi connectivity index (χ3n) is 6.63. The number of aliphatic hydroxyl groups excluding tert-OH is 1. The Morgan fingerprint density at radius 3 is 2.61 bits per heavy atom. The molecule has 1 aliphatic rings. The first-order chi connectivity index (χ1) is 19.2. The minimum Gasteiger partial charge on any atom is -0.455 e. The number of nitrogens with one attached hydrogen (secondary N) is 1. The normalized spacial score (nSPS) is 17.6. The highest BCUT2D eigenvalue weighted by atomic mass is 35.5. The summed E-state index contributed by atoms with van der Waals surface area (Å²) in [6.45, 7) is 3.57. The predicted octanol–water partition coefficient (Wildman–Crippen LogP) is 5.42. The van der Waals surface area contributed by atoms with Crippen LogP contribution in [-0.2, 0) is 16.1 Å². The lowest BCUT2D eigenvalue weighted by Crippen LogP contribution is -2.43. The molecule has 0 spiro atoms. The van der Waals surface area contributed by atoms with Crippen molar-refractivity contribution >= 4 is 46.2 Å². The van der Waals surface area contributed by atoms with Crippen LogP contribution in [0.15, 0.2) is 46.4 Å². The third-order valence-corrected chi connectivity index (χ3v) is 7.09. The van der Waals surface area contributed by atoms with Crippen LogP contribution >= 0.6 is 11.6 Å². The van der Waals surface area contributed by atoms with Crippen LogP contribution < -0.4 is 5.32 Å². The van der Waals surface area contributed by atoms with Crippen molar-refractivity contribution in [1.29, 1.82) is 0 Å². The molecule has 13 heteroatoms. The van der Waals surface area contributed by atoms with E-state index >= 15 is 0 Å². The number of halogens is 5. The summed E-state index contributed by atoms with van der Waals surface area (Å²) in [5.74, 6) is -3.39. The first-order valence-corrected chi connectivity index (χ1v) is 12.9. The molecule has 3 N–H and O–H groups in total. The Morgan fingerprint density at radius 2 is 1.98 bits per heavy atom. The SMILES string of the molecule is Cc1nc2ccc(C3C=NC(C(C)(O)COC(=O)C(F)(F)F)=NC3)cc2c(N[C@H](C)c2cc(CO)ccc2F)c1Cl. The van der Waals surface area contributed by atoms with E-state index in [-0.39, 0.29) is 24.9 Å². The van der Waals surface area contributed by atoms with Crippen molar-refractivity contribution in [3.05, 3.63) is 69.6 Å². The van der Waals surface area contributed by atoms with Crippen LogP contribution in [0.2, 0.25) is 5.02 Å². The van der Waals surface area contributed by atoms with Crippen LogP contribution in [0.25, 0.3) is 10.9 Å². The maximum absolute atomic E-state index is 14.6. The van der Waals surface area contributed by atoms with E-state index in [4.69, 9.17) is 11.6 Å². The zero-order valence-electron chi connectivity index (χ0n) is 22.3. The van der Waals surface area contributed by atoms with Crippen molar-refractivity contribution in [1.82, 2.24) is 4.98 Å². The van der Waals surface area contributed by atoms with E-state index in [0.29, 0.717) is 38.4 Å². The molecule has 2 aromatic carbocycles. The van der Waals surface area contributed by atoms with Crippen molar-refractivity contribution in [3.8, 4) is 0 Å². The van der Waals surface area contributed by atoms with Crippen molar-refractivity contribution in [2.24, 2.45) is 9.98 Å². The van der Waals surface area contributed by atoms with Gasteiger partial charge in [-0.1, -0.05) is 23.7 Å². The monoisotopic (exact) mass is 594 g/mol. The number of anilines is 1. The average molecular weight is 595 g/mol. The molecule has 218 valence electrons. The molecule has 41 heavy (non-hydrogen) atoms. The summed E-state index contributed by atoms with van der Waals surface area (Å²) in [6.07, 6.45) is -3.69. The van der Waals surface area contributed by atoms with E-state index in [1.54, 1.807) is 26.0 Å². The molecule has 0 bridgehead atoms. The molecule has 0 aliphatic carbocycles. The van der Waals surface area contributed by atoms with Gasteiger partial charge in [0, 0.05) is 23.1 Å². The Morgan fingerprint density at radius 1 is 1.24 bits per heavy atom. The quantitative estimate of drug-likeness (QED) is 0.237. The molecule has 0 amide bonds. The molecule has 4 rings (SSSR count). The molecule has 0 radical (unpaired) electrons. The van der Waals surface area contributed by atoms with Crippen molar-refractivity contribution in [2.45, 2.75) is 51.1 Å². The summed E-state index contributed by atoms with van der Waals surface area (Å²) in [6, 6.07) is 9.30. The Balaban J connectivity index is 1.59. The van der Waals surface area contributed by atoms with Gasteiger partial charge in [0.05, 0.1) is 41.1 Å². The number of benzene rings is 2. The van der Waals surface area contributed by atoms with Gasteiger partial charge >= 0.3 is 12.1 Å². The van der Waals surface area contributed by atoms with Gasteiger partial charge in [0.2, 0.25) is 0 Å². The lowest BCUT2D eigenvalue weighted by Gasteiger charge is -2.26. The van der Waals surface area contributed by atoms with Gasteiger partial charge in [0.1, 0.15) is 12.4 Å². The summed E-state index contributed by atoms with van der Waals surface area (Å²) in [4.78, 5) is 23.9. The summed E-state index contributed by atoms with van der Waals surface area (Å²) < 4.78 is 56.1. The molecular weight excluding hydrogens is 568 g/mol. The Bertz CT molecular complexity index is 1540. The number of hydrogen-bond acceptors (Lipinski definition) is 8. The van der Waals surface area contributed by atoms with Crippen LogP contribution in [-0.4, -0.2) is 58.1 Å². The van der Waals surface area contributed by atoms with E-state index in [1.165, 1.54) is 18.3 Å². The van der Waals surface area contributed by atoms with Crippen LogP contribution in [0.3, 0.4) is 0 Å². The third kappa shape index (κ3) is 6.66. The largest absolute Gasteiger partial charge is 0.490 e. The number of ether oxygens (including phenoxy) is 1. The maximum Gasteiger partial charge on any atom is 0.490 e. The van der Waals surface area contributed by atoms with E-state index in [2.05, 4.69) is 25.0 Å². The van der Waals surface area contributed by atoms with Crippen molar-refractivity contribution in [2.75, 3.05) is 18.5 Å². The Kier molecular flexibility index (Phi) is 8.67. The van der Waals surface area contributed by atoms with E-state index in [9.17, 15) is 32.6 Å². The van der Waals surface area contributed by atoms with E-state index in [1.807, 2.05) is 12.1 Å². The summed E-state index contributed by atoms with van der Waals surface area (Å²) in [5, 5.41) is 24.3. The number of nitrogens with zero attached hydrogens (tertiary/aromatic N) is 3. The van der Waals surface area contributed by atoms with Gasteiger partial charge in [0.25, 0.3) is 0 Å². The van der Waals surface area contributed by atoms with Crippen LogP contribution in [0.4, 0.5) is 23.2 Å². The number of hydrogen-bond donors (Lipinski definition) is 3. The molecule has 3 atom stereocenters. The van der Waals surface area contributed by atoms with Crippen LogP contribution in [0.5, 0.6) is 0 Å². The topological polar surface area (TPSA) is 116 Å². The van der Waals surface area contributed by atoms with Gasteiger partial charge in [-0.25, -0.2) is 14.2 Å². The molecule has 0 saturated heterocycles. The zero-order chi connectivity index (χ0) is 30.1. The zero-order valence-corrected chi connectivity index (χ0v) is 23.0. The maximum atomic E-state index is 14.6. The van der Waals surface area contributed by atoms with Crippen molar-refractivity contribution < 1.29 is 37.3 Å². The van der Waals surface area contributed by atoms with Crippen LogP contribution in [0.1, 0.15) is 48.2 Å². The fraction of sp³-hybridized carbons (Fsp3) is 0.357. The average Bonchev–Trinajstić information content (AvgIpc) is 2.93. The molecular formula is C28H27ClF4N4O4. The van der Waals surface area contributed by atoms with E-state index < -0.39 is 36.2 Å². The van der Waals surface area contributed by atoms with Gasteiger partial charge < -0.3 is 20.3 Å². The number of aryl methyl sites for hydroxylation is 1. The highest BCUT2D eigenvalue weighted by molar-refractivity contribution is 6.35. The highest BCUT2D eigenvalue weighted by Gasteiger charge is 2.43. The molecule has 0 saturated carbocycles. The van der Waals surface area contributed by atoms with Gasteiger partial charge in [0.15, 0.2) is 11.4 Å². The smallest absolute Gasteiger partial charge is 0.455 e. The number of aromatic nitrogens is 1. The molecule has 1 aromatic heterocycles. The van der Waals surface area contributed by atoms with Gasteiger partial charge in [-0.2, -0.15) is 13.2 Å². The summed E-state index contributed by atoms with van der Waals surface area (Å²) in [5.41, 5.74) is 1.36. The first-order valence-electron chi connectivity index (χ1n) is 12.5. The minimum absolute atomic E-state index is 0.110. The molecule has 0 fully saturated rings. The molecule has 1 aliphatic heterocycles. The van der Waals surface area contributed by atoms with E-state index in [0.717, 1.165) is 12.5 Å². The number of pyridine rings is 1. The summed E-state index contributed by atoms with van der Waals surface area (Å²) in [7, 11) is 0. The number of aliphatic imine (C=N–C) groups is 2. The predicted molar refractivity (Wildman–Crippen MR) is 147 cm³/mol. The van der Waals surface area contributed by atoms with Crippen LogP contribution in [0, 0.1) is 12.7 Å². The number of alkyl halides is 3. The number of carbonyl (C=O) groups excluding carboxylic acids is 1. The van der Waals surface area contributed by atoms with Gasteiger partial charge in [-0.15, -0.1) is 0 Å².